The van der Waals surface area contributed by atoms with Crippen molar-refractivity contribution in [3.63, 3.8) is 0 Å². The summed E-state index contributed by atoms with van der Waals surface area (Å²) in [4.78, 5) is 39.1. The van der Waals surface area contributed by atoms with Gasteiger partial charge in [-0.05, 0) is 36.8 Å². The maximum Gasteiger partial charge on any atom is 0.251 e. The first-order valence-corrected chi connectivity index (χ1v) is 10.4. The lowest BCUT2D eigenvalue weighted by Gasteiger charge is -2.44. The first kappa shape index (κ1) is 20.4. The summed E-state index contributed by atoms with van der Waals surface area (Å²) in [7, 11) is 0. The van der Waals surface area contributed by atoms with Crippen molar-refractivity contribution < 1.29 is 19.1 Å². The zero-order chi connectivity index (χ0) is 21.3. The first-order valence-electron chi connectivity index (χ1n) is 10.0. The van der Waals surface area contributed by atoms with Crippen molar-refractivity contribution in [3.05, 3.63) is 64.2 Å². The SMILES string of the molecule is Cc1cc(Cl)cc2c1OC1(CCN(C(=O)CNC(=O)c3ccccc3)CC1)CC2=O. The van der Waals surface area contributed by atoms with Crippen molar-refractivity contribution in [1.82, 2.24) is 10.2 Å². The Kier molecular flexibility index (Phi) is 5.52. The summed E-state index contributed by atoms with van der Waals surface area (Å²) in [6.45, 7) is 2.79. The molecular weight excluding hydrogens is 404 g/mol. The number of nitrogens with zero attached hydrogens (tertiary/aromatic N) is 1. The van der Waals surface area contributed by atoms with E-state index in [-0.39, 0.29) is 30.6 Å². The predicted octanol–water partition coefficient (Wildman–Crippen LogP) is 3.40. The van der Waals surface area contributed by atoms with Gasteiger partial charge >= 0.3 is 0 Å². The average Bonchev–Trinajstić information content (AvgIpc) is 2.74. The molecule has 0 radical (unpaired) electrons. The summed E-state index contributed by atoms with van der Waals surface area (Å²) in [6.07, 6.45) is 1.42. The Morgan fingerprint density at radius 1 is 1.17 bits per heavy atom. The zero-order valence-electron chi connectivity index (χ0n) is 16.7. The monoisotopic (exact) mass is 426 g/mol. The van der Waals surface area contributed by atoms with E-state index in [1.807, 2.05) is 13.0 Å². The van der Waals surface area contributed by atoms with Crippen LogP contribution in [0.4, 0.5) is 0 Å². The smallest absolute Gasteiger partial charge is 0.251 e. The van der Waals surface area contributed by atoms with Crippen molar-refractivity contribution in [2.75, 3.05) is 19.6 Å². The van der Waals surface area contributed by atoms with Crippen LogP contribution in [0.3, 0.4) is 0 Å². The number of ketones is 1. The number of ether oxygens (including phenoxy) is 1. The molecule has 0 bridgehead atoms. The van der Waals surface area contributed by atoms with E-state index in [4.69, 9.17) is 16.3 Å². The Hall–Kier alpha value is -2.86. The lowest BCUT2D eigenvalue weighted by Crippen LogP contribution is -2.53. The van der Waals surface area contributed by atoms with Crippen molar-refractivity contribution in [2.45, 2.75) is 31.8 Å². The largest absolute Gasteiger partial charge is 0.486 e. The molecule has 2 heterocycles. The number of hydrogen-bond donors (Lipinski definition) is 1. The van der Waals surface area contributed by atoms with Gasteiger partial charge in [0.15, 0.2) is 5.78 Å². The number of aryl methyl sites for hydroxylation is 1. The van der Waals surface area contributed by atoms with Crippen LogP contribution in [0.1, 0.15) is 45.5 Å². The van der Waals surface area contributed by atoms with E-state index in [1.165, 1.54) is 0 Å². The average molecular weight is 427 g/mol. The van der Waals surface area contributed by atoms with Crippen LogP contribution >= 0.6 is 11.6 Å². The molecule has 2 amide bonds. The fourth-order valence-corrected chi connectivity index (χ4v) is 4.39. The molecule has 0 aliphatic carbocycles. The summed E-state index contributed by atoms with van der Waals surface area (Å²) >= 11 is 6.09. The van der Waals surface area contributed by atoms with Gasteiger partial charge in [0, 0.05) is 36.5 Å². The van der Waals surface area contributed by atoms with Gasteiger partial charge in [-0.1, -0.05) is 29.8 Å². The molecule has 4 rings (SSSR count). The van der Waals surface area contributed by atoms with Gasteiger partial charge in [-0.3, -0.25) is 14.4 Å². The molecule has 1 saturated heterocycles. The summed E-state index contributed by atoms with van der Waals surface area (Å²) in [6, 6.07) is 12.2. The summed E-state index contributed by atoms with van der Waals surface area (Å²) in [5.41, 5.74) is 1.30. The second-order valence-electron chi connectivity index (χ2n) is 7.91. The third kappa shape index (κ3) is 4.05. The van der Waals surface area contributed by atoms with Crippen molar-refractivity contribution in [1.29, 1.82) is 0 Å². The minimum Gasteiger partial charge on any atom is -0.486 e. The first-order chi connectivity index (χ1) is 14.4. The number of hydrogen-bond acceptors (Lipinski definition) is 4. The van der Waals surface area contributed by atoms with Crippen LogP contribution in [-0.2, 0) is 4.79 Å². The standard InChI is InChI=1S/C23H23ClN2O4/c1-15-11-17(24)12-18-19(27)13-23(30-21(15)18)7-9-26(10-8-23)20(28)14-25-22(29)16-5-3-2-4-6-16/h2-6,11-12H,7-10,13-14H2,1H3,(H,25,29). The highest BCUT2D eigenvalue weighted by Gasteiger charge is 2.44. The quantitative estimate of drug-likeness (QED) is 0.816. The van der Waals surface area contributed by atoms with Crippen molar-refractivity contribution in [3.8, 4) is 5.75 Å². The van der Waals surface area contributed by atoms with E-state index >= 15 is 0 Å². The number of carbonyl (C=O) groups excluding carboxylic acids is 3. The molecule has 2 aliphatic rings. The van der Waals surface area contributed by atoms with Crippen molar-refractivity contribution >= 4 is 29.2 Å². The molecule has 156 valence electrons. The number of nitrogens with one attached hydrogen (secondary N) is 1. The number of benzene rings is 2. The van der Waals surface area contributed by atoms with Gasteiger partial charge in [-0.15, -0.1) is 0 Å². The van der Waals surface area contributed by atoms with Gasteiger partial charge in [-0.25, -0.2) is 0 Å². The minimum atomic E-state index is -0.591. The number of rotatable bonds is 3. The zero-order valence-corrected chi connectivity index (χ0v) is 17.5. The van der Waals surface area contributed by atoms with E-state index in [9.17, 15) is 14.4 Å². The minimum absolute atomic E-state index is 0.0248. The number of halogens is 1. The topological polar surface area (TPSA) is 75.7 Å². The van der Waals surface area contributed by atoms with Crippen LogP contribution < -0.4 is 10.1 Å². The van der Waals surface area contributed by atoms with Crippen LogP contribution in [0.25, 0.3) is 0 Å². The molecular formula is C23H23ClN2O4. The second kappa shape index (κ2) is 8.11. The van der Waals surface area contributed by atoms with Gasteiger partial charge in [0.05, 0.1) is 18.5 Å². The third-order valence-corrected chi connectivity index (χ3v) is 6.02. The Labute approximate surface area is 180 Å². The fourth-order valence-electron chi connectivity index (χ4n) is 4.11. The lowest BCUT2D eigenvalue weighted by atomic mass is 9.82. The molecule has 30 heavy (non-hydrogen) atoms. The summed E-state index contributed by atoms with van der Waals surface area (Å²) < 4.78 is 6.31. The van der Waals surface area contributed by atoms with E-state index in [0.717, 1.165) is 5.56 Å². The van der Waals surface area contributed by atoms with Crippen LogP contribution in [0.5, 0.6) is 5.75 Å². The molecule has 6 nitrogen and oxygen atoms in total. The Balaban J connectivity index is 1.36. The normalized spacial score (nSPS) is 17.3. The molecule has 0 aromatic heterocycles. The molecule has 1 N–H and O–H groups in total. The molecule has 1 fully saturated rings. The predicted molar refractivity (Wildman–Crippen MR) is 113 cm³/mol. The highest BCUT2D eigenvalue weighted by Crippen LogP contribution is 2.42. The number of likely N-dealkylation sites (tertiary alicyclic amines) is 1. The van der Waals surface area contributed by atoms with E-state index in [1.54, 1.807) is 41.3 Å². The van der Waals surface area contributed by atoms with Crippen molar-refractivity contribution in [2.24, 2.45) is 0 Å². The number of amides is 2. The Bertz CT molecular complexity index is 998. The number of carbonyl (C=O) groups is 3. The second-order valence-corrected chi connectivity index (χ2v) is 8.35. The third-order valence-electron chi connectivity index (χ3n) is 5.80. The molecule has 0 saturated carbocycles. The number of piperidine rings is 1. The molecule has 2 aromatic rings. The molecule has 0 atom stereocenters. The van der Waals surface area contributed by atoms with Crippen LogP contribution in [0, 0.1) is 6.92 Å². The molecule has 0 unspecified atom stereocenters. The van der Waals surface area contributed by atoms with Crippen LogP contribution in [0.2, 0.25) is 5.02 Å². The maximum absolute atomic E-state index is 12.7. The number of Topliss-reactive ketones (excluding diaryl/α,β-unsaturated/α-hetero) is 1. The van der Waals surface area contributed by atoms with Gasteiger partial charge in [0.25, 0.3) is 5.91 Å². The molecule has 7 heteroatoms. The van der Waals surface area contributed by atoms with Crippen LogP contribution in [0.15, 0.2) is 42.5 Å². The highest BCUT2D eigenvalue weighted by atomic mass is 35.5. The maximum atomic E-state index is 12.7. The van der Waals surface area contributed by atoms with Gasteiger partial charge in [0.2, 0.25) is 5.91 Å². The van der Waals surface area contributed by atoms with E-state index in [2.05, 4.69) is 5.32 Å². The van der Waals surface area contributed by atoms with Gasteiger partial charge in [-0.2, -0.15) is 0 Å². The summed E-state index contributed by atoms with van der Waals surface area (Å²) in [5.74, 6) is 0.214. The van der Waals surface area contributed by atoms with E-state index < -0.39 is 5.60 Å². The fraction of sp³-hybridized carbons (Fsp3) is 0.348. The molecule has 2 aromatic carbocycles. The Morgan fingerprint density at radius 3 is 2.57 bits per heavy atom. The van der Waals surface area contributed by atoms with E-state index in [0.29, 0.717) is 47.8 Å². The molecule has 1 spiro atoms. The highest BCUT2D eigenvalue weighted by molar-refractivity contribution is 6.31. The van der Waals surface area contributed by atoms with Crippen LogP contribution in [-0.4, -0.2) is 47.7 Å². The lowest BCUT2D eigenvalue weighted by molar-refractivity contribution is -0.133. The molecule has 2 aliphatic heterocycles. The van der Waals surface area contributed by atoms with Gasteiger partial charge in [0.1, 0.15) is 11.4 Å². The summed E-state index contributed by atoms with van der Waals surface area (Å²) in [5, 5.41) is 3.20. The number of fused-ring (bicyclic) bond motifs is 1. The van der Waals surface area contributed by atoms with Gasteiger partial charge < -0.3 is 15.0 Å². The Morgan fingerprint density at radius 2 is 1.87 bits per heavy atom.